The molecule has 0 aliphatic heterocycles. The van der Waals surface area contributed by atoms with Crippen LogP contribution in [0.15, 0.2) is 24.3 Å². The van der Waals surface area contributed by atoms with Gasteiger partial charge in [0, 0.05) is 0 Å². The quantitative estimate of drug-likeness (QED) is 0.585. The smallest absolute Gasteiger partial charge is 0.238 e. The van der Waals surface area contributed by atoms with Crippen LogP contribution in [-0.4, -0.2) is 49.0 Å². The molecule has 2 N–H and O–H groups in total. The summed E-state index contributed by atoms with van der Waals surface area (Å²) >= 11 is 0. The van der Waals surface area contributed by atoms with E-state index in [1.54, 1.807) is 19.2 Å². The fraction of sp³-hybridized carbons (Fsp3) is 0.524. The van der Waals surface area contributed by atoms with E-state index >= 15 is 0 Å². The van der Waals surface area contributed by atoms with Gasteiger partial charge in [-0.05, 0) is 37.9 Å². The number of nitrogens with zero attached hydrogens (tertiary/aromatic N) is 1. The lowest BCUT2D eigenvalue weighted by atomic mass is 9.94. The summed E-state index contributed by atoms with van der Waals surface area (Å²) in [5, 5.41) is 5.78. The van der Waals surface area contributed by atoms with E-state index in [1.807, 2.05) is 37.8 Å². The molecule has 148 valence electrons. The molecule has 0 fully saturated rings. The van der Waals surface area contributed by atoms with E-state index in [0.29, 0.717) is 30.8 Å². The summed E-state index contributed by atoms with van der Waals surface area (Å²) in [6.07, 6.45) is 7.76. The Morgan fingerprint density at radius 3 is 2.33 bits per heavy atom. The topological polar surface area (TPSA) is 70.7 Å². The fourth-order valence-corrected chi connectivity index (χ4v) is 2.85. The zero-order valence-corrected chi connectivity index (χ0v) is 16.8. The number of nitrogens with one attached hydrogen (secondary N) is 2. The van der Waals surface area contributed by atoms with Gasteiger partial charge in [-0.2, -0.15) is 0 Å². The minimum atomic E-state index is -0.630. The Hall–Kier alpha value is -2.52. The SMILES string of the molecule is C#CC(CC)(CC)NC(=O)CN(CCC)CC(=O)Nc1ccccc1OC. The number of amides is 2. The highest BCUT2D eigenvalue weighted by Gasteiger charge is 2.26. The number of para-hydroxylation sites is 2. The van der Waals surface area contributed by atoms with E-state index in [1.165, 1.54) is 0 Å². The first-order valence-corrected chi connectivity index (χ1v) is 9.37. The Balaban J connectivity index is 2.71. The van der Waals surface area contributed by atoms with E-state index < -0.39 is 5.54 Å². The standard InChI is InChI=1S/C21H31N3O3/c1-6-14-24(16-20(26)23-21(7-2,8-3)9-4)15-19(25)22-17-12-10-11-13-18(17)27-5/h2,10-13H,6,8-9,14-16H2,1,3-5H3,(H,22,25)(H,23,26). The third-order valence-corrected chi connectivity index (χ3v) is 4.52. The van der Waals surface area contributed by atoms with Crippen LogP contribution in [0, 0.1) is 12.3 Å². The fourth-order valence-electron chi connectivity index (χ4n) is 2.85. The molecule has 1 rings (SSSR count). The van der Waals surface area contributed by atoms with Crippen LogP contribution in [0.5, 0.6) is 5.75 Å². The highest BCUT2D eigenvalue weighted by atomic mass is 16.5. The van der Waals surface area contributed by atoms with Gasteiger partial charge < -0.3 is 15.4 Å². The van der Waals surface area contributed by atoms with Crippen molar-refractivity contribution in [2.24, 2.45) is 0 Å². The third-order valence-electron chi connectivity index (χ3n) is 4.52. The van der Waals surface area contributed by atoms with E-state index in [4.69, 9.17) is 11.2 Å². The van der Waals surface area contributed by atoms with Gasteiger partial charge in [0.1, 0.15) is 11.3 Å². The molecule has 6 nitrogen and oxygen atoms in total. The number of carbonyl (C=O) groups excluding carboxylic acids is 2. The molecule has 0 unspecified atom stereocenters. The minimum Gasteiger partial charge on any atom is -0.495 e. The molecule has 0 aliphatic carbocycles. The minimum absolute atomic E-state index is 0.112. The summed E-state index contributed by atoms with van der Waals surface area (Å²) < 4.78 is 5.24. The molecule has 0 radical (unpaired) electrons. The van der Waals surface area contributed by atoms with Crippen LogP contribution in [0.1, 0.15) is 40.0 Å². The molecular weight excluding hydrogens is 342 g/mol. The van der Waals surface area contributed by atoms with Crippen molar-refractivity contribution in [1.82, 2.24) is 10.2 Å². The Bertz CT molecular complexity index is 663. The second-order valence-electron chi connectivity index (χ2n) is 6.44. The van der Waals surface area contributed by atoms with E-state index in [0.717, 1.165) is 6.42 Å². The van der Waals surface area contributed by atoms with Gasteiger partial charge in [0.15, 0.2) is 0 Å². The predicted octanol–water partition coefficient (Wildman–Crippen LogP) is 2.65. The molecule has 0 atom stereocenters. The molecule has 0 aliphatic rings. The summed E-state index contributed by atoms with van der Waals surface area (Å²) in [5.41, 5.74) is -0.0246. The van der Waals surface area contributed by atoms with Crippen LogP contribution < -0.4 is 15.4 Å². The maximum atomic E-state index is 12.5. The van der Waals surface area contributed by atoms with Gasteiger partial charge in [-0.25, -0.2) is 0 Å². The molecule has 1 aromatic rings. The number of terminal acetylenes is 1. The van der Waals surface area contributed by atoms with Crippen molar-refractivity contribution in [2.45, 2.75) is 45.6 Å². The van der Waals surface area contributed by atoms with Gasteiger partial charge in [-0.3, -0.25) is 14.5 Å². The van der Waals surface area contributed by atoms with Crippen LogP contribution in [0.25, 0.3) is 0 Å². The molecule has 0 spiro atoms. The first kappa shape index (κ1) is 22.5. The normalized spacial score (nSPS) is 11.0. The van der Waals surface area contributed by atoms with Crippen LogP contribution in [-0.2, 0) is 9.59 Å². The molecule has 1 aromatic carbocycles. The van der Waals surface area contributed by atoms with Gasteiger partial charge in [-0.1, -0.05) is 38.8 Å². The molecule has 2 amide bonds. The molecule has 0 heterocycles. The number of carbonyl (C=O) groups is 2. The van der Waals surface area contributed by atoms with Crippen LogP contribution >= 0.6 is 0 Å². The first-order chi connectivity index (χ1) is 12.9. The predicted molar refractivity (Wildman–Crippen MR) is 109 cm³/mol. The van der Waals surface area contributed by atoms with Gasteiger partial charge in [0.25, 0.3) is 0 Å². The van der Waals surface area contributed by atoms with Gasteiger partial charge in [0.05, 0.1) is 25.9 Å². The second kappa shape index (κ2) is 11.2. The molecule has 0 bridgehead atoms. The van der Waals surface area contributed by atoms with Crippen molar-refractivity contribution in [3.63, 3.8) is 0 Å². The van der Waals surface area contributed by atoms with Crippen molar-refractivity contribution >= 4 is 17.5 Å². The summed E-state index contributed by atoms with van der Waals surface area (Å²) in [7, 11) is 1.55. The van der Waals surface area contributed by atoms with Crippen molar-refractivity contribution in [1.29, 1.82) is 0 Å². The summed E-state index contributed by atoms with van der Waals surface area (Å²) in [4.78, 5) is 26.7. The second-order valence-corrected chi connectivity index (χ2v) is 6.44. The summed E-state index contributed by atoms with van der Waals surface area (Å²) in [6, 6.07) is 7.21. The largest absolute Gasteiger partial charge is 0.495 e. The monoisotopic (exact) mass is 373 g/mol. The lowest BCUT2D eigenvalue weighted by Crippen LogP contribution is -2.50. The van der Waals surface area contributed by atoms with Crippen molar-refractivity contribution in [2.75, 3.05) is 32.1 Å². The van der Waals surface area contributed by atoms with Gasteiger partial charge in [0.2, 0.25) is 11.8 Å². The zero-order valence-electron chi connectivity index (χ0n) is 16.8. The summed E-state index contributed by atoms with van der Waals surface area (Å²) in [5.74, 6) is 2.92. The number of rotatable bonds is 11. The Kier molecular flexibility index (Phi) is 9.38. The molecule has 0 saturated heterocycles. The third kappa shape index (κ3) is 6.95. The lowest BCUT2D eigenvalue weighted by molar-refractivity contribution is -0.124. The number of methoxy groups -OCH3 is 1. The van der Waals surface area contributed by atoms with E-state index in [2.05, 4.69) is 16.6 Å². The van der Waals surface area contributed by atoms with E-state index in [9.17, 15) is 9.59 Å². The van der Waals surface area contributed by atoms with E-state index in [-0.39, 0.29) is 24.9 Å². The zero-order chi connectivity index (χ0) is 20.3. The van der Waals surface area contributed by atoms with Crippen LogP contribution in [0.3, 0.4) is 0 Å². The Morgan fingerprint density at radius 1 is 1.15 bits per heavy atom. The highest BCUT2D eigenvalue weighted by Crippen LogP contribution is 2.22. The van der Waals surface area contributed by atoms with Crippen molar-refractivity contribution < 1.29 is 14.3 Å². The van der Waals surface area contributed by atoms with Crippen LogP contribution in [0.4, 0.5) is 5.69 Å². The molecule has 27 heavy (non-hydrogen) atoms. The Morgan fingerprint density at radius 2 is 1.78 bits per heavy atom. The molecular formula is C21H31N3O3. The molecule has 0 aromatic heterocycles. The average Bonchev–Trinajstić information content (AvgIpc) is 2.66. The number of hydrogen-bond acceptors (Lipinski definition) is 4. The van der Waals surface area contributed by atoms with Crippen LogP contribution in [0.2, 0.25) is 0 Å². The lowest BCUT2D eigenvalue weighted by Gasteiger charge is -2.29. The first-order valence-electron chi connectivity index (χ1n) is 9.37. The van der Waals surface area contributed by atoms with Crippen molar-refractivity contribution in [3.8, 4) is 18.1 Å². The number of hydrogen-bond donors (Lipinski definition) is 2. The number of ether oxygens (including phenoxy) is 1. The van der Waals surface area contributed by atoms with Gasteiger partial charge >= 0.3 is 0 Å². The molecule has 6 heteroatoms. The molecule has 0 saturated carbocycles. The number of anilines is 1. The Labute approximate surface area is 162 Å². The maximum Gasteiger partial charge on any atom is 0.238 e. The number of benzene rings is 1. The highest BCUT2D eigenvalue weighted by molar-refractivity contribution is 5.94. The average molecular weight is 373 g/mol. The maximum absolute atomic E-state index is 12.5. The van der Waals surface area contributed by atoms with Gasteiger partial charge in [-0.15, -0.1) is 6.42 Å². The van der Waals surface area contributed by atoms with Crippen molar-refractivity contribution in [3.05, 3.63) is 24.3 Å². The summed E-state index contributed by atoms with van der Waals surface area (Å²) in [6.45, 7) is 6.78.